The van der Waals surface area contributed by atoms with E-state index in [1.54, 1.807) is 17.5 Å². The average Bonchev–Trinajstić information content (AvgIpc) is 2.61. The number of pyridine rings is 1. The standard InChI is InChI=1S/C12H14N2OS/c1-8-12(16-9(2)14-8)10(7-15)11-5-3-4-6-13-11/h3-6,10,15H,7H2,1-2H3. The van der Waals surface area contributed by atoms with Crippen molar-refractivity contribution in [2.75, 3.05) is 6.61 Å². The van der Waals surface area contributed by atoms with Crippen LogP contribution in [0.5, 0.6) is 0 Å². The lowest BCUT2D eigenvalue weighted by Gasteiger charge is -2.11. The topological polar surface area (TPSA) is 46.0 Å². The molecule has 3 nitrogen and oxygen atoms in total. The maximum Gasteiger partial charge on any atom is 0.0900 e. The molecule has 2 heterocycles. The van der Waals surface area contributed by atoms with Crippen molar-refractivity contribution in [3.8, 4) is 0 Å². The number of rotatable bonds is 3. The molecule has 2 rings (SSSR count). The molecule has 0 fully saturated rings. The molecular weight excluding hydrogens is 220 g/mol. The van der Waals surface area contributed by atoms with Crippen LogP contribution in [0.1, 0.15) is 27.2 Å². The molecule has 4 heteroatoms. The molecule has 0 saturated heterocycles. The monoisotopic (exact) mass is 234 g/mol. The predicted octanol–water partition coefficient (Wildman–Crippen LogP) is 2.28. The minimum atomic E-state index is -0.0487. The number of aryl methyl sites for hydroxylation is 2. The van der Waals surface area contributed by atoms with Gasteiger partial charge < -0.3 is 5.11 Å². The lowest BCUT2D eigenvalue weighted by molar-refractivity contribution is 0.280. The predicted molar refractivity (Wildman–Crippen MR) is 64.8 cm³/mol. The molecule has 16 heavy (non-hydrogen) atoms. The van der Waals surface area contributed by atoms with Gasteiger partial charge in [0.2, 0.25) is 0 Å². The first-order valence-electron chi connectivity index (χ1n) is 5.18. The van der Waals surface area contributed by atoms with Crippen LogP contribution in [0.25, 0.3) is 0 Å². The van der Waals surface area contributed by atoms with Gasteiger partial charge in [0, 0.05) is 11.1 Å². The number of hydrogen-bond acceptors (Lipinski definition) is 4. The summed E-state index contributed by atoms with van der Waals surface area (Å²) in [4.78, 5) is 9.79. The highest BCUT2D eigenvalue weighted by Gasteiger charge is 2.19. The van der Waals surface area contributed by atoms with E-state index in [2.05, 4.69) is 9.97 Å². The van der Waals surface area contributed by atoms with Crippen molar-refractivity contribution in [3.63, 3.8) is 0 Å². The normalized spacial score (nSPS) is 12.7. The van der Waals surface area contributed by atoms with Crippen LogP contribution in [0.3, 0.4) is 0 Å². The van der Waals surface area contributed by atoms with Gasteiger partial charge in [-0.1, -0.05) is 6.07 Å². The molecule has 0 saturated carbocycles. The number of aromatic nitrogens is 2. The van der Waals surface area contributed by atoms with Gasteiger partial charge >= 0.3 is 0 Å². The first-order valence-corrected chi connectivity index (χ1v) is 5.99. The SMILES string of the molecule is Cc1nc(C)c(C(CO)c2ccccn2)s1. The molecule has 1 N–H and O–H groups in total. The first kappa shape index (κ1) is 11.2. The Morgan fingerprint density at radius 2 is 2.19 bits per heavy atom. The van der Waals surface area contributed by atoms with E-state index in [0.29, 0.717) is 0 Å². The van der Waals surface area contributed by atoms with Crippen molar-refractivity contribution in [1.82, 2.24) is 9.97 Å². The maximum absolute atomic E-state index is 9.51. The second-order valence-corrected chi connectivity index (χ2v) is 4.91. The number of nitrogens with zero attached hydrogens (tertiary/aromatic N) is 2. The molecule has 0 aliphatic carbocycles. The Balaban J connectivity index is 2.40. The van der Waals surface area contributed by atoms with E-state index in [1.165, 1.54) is 0 Å². The van der Waals surface area contributed by atoms with Gasteiger partial charge in [-0.25, -0.2) is 4.98 Å². The Labute approximate surface area is 98.8 Å². The summed E-state index contributed by atoms with van der Waals surface area (Å²) >= 11 is 1.63. The van der Waals surface area contributed by atoms with E-state index in [-0.39, 0.29) is 12.5 Å². The minimum absolute atomic E-state index is 0.0487. The summed E-state index contributed by atoms with van der Waals surface area (Å²) in [6.45, 7) is 4.03. The van der Waals surface area contributed by atoms with Crippen molar-refractivity contribution in [2.45, 2.75) is 19.8 Å². The van der Waals surface area contributed by atoms with Gasteiger partial charge in [-0.2, -0.15) is 0 Å². The van der Waals surface area contributed by atoms with Gasteiger partial charge in [0.15, 0.2) is 0 Å². The van der Waals surface area contributed by atoms with Crippen molar-refractivity contribution >= 4 is 11.3 Å². The van der Waals surface area contributed by atoms with E-state index in [0.717, 1.165) is 21.3 Å². The van der Waals surface area contributed by atoms with E-state index >= 15 is 0 Å². The molecule has 0 radical (unpaired) electrons. The Morgan fingerprint density at radius 3 is 2.69 bits per heavy atom. The molecule has 1 unspecified atom stereocenters. The fourth-order valence-electron chi connectivity index (χ4n) is 1.76. The summed E-state index contributed by atoms with van der Waals surface area (Å²) in [5, 5.41) is 10.5. The van der Waals surface area contributed by atoms with Gasteiger partial charge in [-0.05, 0) is 26.0 Å². The van der Waals surface area contributed by atoms with Crippen molar-refractivity contribution in [2.24, 2.45) is 0 Å². The third-order valence-electron chi connectivity index (χ3n) is 2.48. The highest BCUT2D eigenvalue weighted by molar-refractivity contribution is 7.11. The van der Waals surface area contributed by atoms with Crippen LogP contribution in [-0.2, 0) is 0 Å². The molecule has 0 aliphatic rings. The van der Waals surface area contributed by atoms with Crippen molar-refractivity contribution in [1.29, 1.82) is 0 Å². The molecule has 2 aromatic rings. The van der Waals surface area contributed by atoms with Gasteiger partial charge in [0.25, 0.3) is 0 Å². The Hall–Kier alpha value is -1.26. The van der Waals surface area contributed by atoms with Crippen LogP contribution in [0, 0.1) is 13.8 Å². The van der Waals surface area contributed by atoms with Crippen LogP contribution in [0.4, 0.5) is 0 Å². The molecule has 2 aromatic heterocycles. The largest absolute Gasteiger partial charge is 0.395 e. The highest BCUT2D eigenvalue weighted by Crippen LogP contribution is 2.30. The molecule has 0 spiro atoms. The molecule has 84 valence electrons. The summed E-state index contributed by atoms with van der Waals surface area (Å²) in [7, 11) is 0. The van der Waals surface area contributed by atoms with E-state index in [1.807, 2.05) is 32.0 Å². The van der Waals surface area contributed by atoms with Crippen molar-refractivity contribution in [3.05, 3.63) is 45.7 Å². The summed E-state index contributed by atoms with van der Waals surface area (Å²) in [6, 6.07) is 5.76. The fourth-order valence-corrected chi connectivity index (χ4v) is 2.79. The third kappa shape index (κ3) is 2.13. The zero-order valence-corrected chi connectivity index (χ0v) is 10.2. The van der Waals surface area contributed by atoms with Crippen LogP contribution < -0.4 is 0 Å². The second-order valence-electron chi connectivity index (χ2n) is 3.67. The fraction of sp³-hybridized carbons (Fsp3) is 0.333. The number of hydrogen-bond donors (Lipinski definition) is 1. The zero-order valence-electron chi connectivity index (χ0n) is 9.34. The lowest BCUT2D eigenvalue weighted by atomic mass is 10.0. The third-order valence-corrected chi connectivity index (χ3v) is 3.67. The van der Waals surface area contributed by atoms with E-state index in [9.17, 15) is 5.11 Å². The Morgan fingerprint density at radius 1 is 1.38 bits per heavy atom. The first-order chi connectivity index (χ1) is 7.72. The number of aliphatic hydroxyl groups is 1. The highest BCUT2D eigenvalue weighted by atomic mass is 32.1. The average molecular weight is 234 g/mol. The van der Waals surface area contributed by atoms with Crippen LogP contribution in [0.15, 0.2) is 24.4 Å². The van der Waals surface area contributed by atoms with Crippen LogP contribution in [0.2, 0.25) is 0 Å². The van der Waals surface area contributed by atoms with Gasteiger partial charge in [-0.3, -0.25) is 4.98 Å². The molecule has 0 bridgehead atoms. The Kier molecular flexibility index (Phi) is 3.31. The smallest absolute Gasteiger partial charge is 0.0900 e. The lowest BCUT2D eigenvalue weighted by Crippen LogP contribution is -2.07. The van der Waals surface area contributed by atoms with Crippen LogP contribution >= 0.6 is 11.3 Å². The second kappa shape index (κ2) is 4.72. The van der Waals surface area contributed by atoms with Gasteiger partial charge in [0.1, 0.15) is 0 Å². The van der Waals surface area contributed by atoms with Gasteiger partial charge in [0.05, 0.1) is 28.9 Å². The number of aliphatic hydroxyl groups excluding tert-OH is 1. The molecule has 0 aromatic carbocycles. The Bertz CT molecular complexity index is 467. The minimum Gasteiger partial charge on any atom is -0.395 e. The molecule has 1 atom stereocenters. The molecule has 0 amide bonds. The maximum atomic E-state index is 9.51. The molecule has 0 aliphatic heterocycles. The van der Waals surface area contributed by atoms with E-state index < -0.39 is 0 Å². The summed E-state index contributed by atoms with van der Waals surface area (Å²) in [5.74, 6) is -0.0487. The summed E-state index contributed by atoms with van der Waals surface area (Å²) < 4.78 is 0. The zero-order chi connectivity index (χ0) is 11.5. The quantitative estimate of drug-likeness (QED) is 0.886. The van der Waals surface area contributed by atoms with Crippen LogP contribution in [-0.4, -0.2) is 21.7 Å². The van der Waals surface area contributed by atoms with E-state index in [4.69, 9.17) is 0 Å². The van der Waals surface area contributed by atoms with Crippen molar-refractivity contribution < 1.29 is 5.11 Å². The summed E-state index contributed by atoms with van der Waals surface area (Å²) in [6.07, 6.45) is 1.75. The number of thiazole rings is 1. The molecular formula is C12H14N2OS. The summed E-state index contributed by atoms with van der Waals surface area (Å²) in [5.41, 5.74) is 1.89. The van der Waals surface area contributed by atoms with Gasteiger partial charge in [-0.15, -0.1) is 11.3 Å².